The number of amides is 2. The lowest BCUT2D eigenvalue weighted by molar-refractivity contribution is -0.136. The van der Waals surface area contributed by atoms with Gasteiger partial charge in [0.2, 0.25) is 0 Å². The number of benzene rings is 1. The first-order valence-corrected chi connectivity index (χ1v) is 8.06. The normalized spacial score (nSPS) is 10.9. The molecule has 7 nitrogen and oxygen atoms in total. The highest BCUT2D eigenvalue weighted by atomic mass is 35.5. The molecule has 0 radical (unpaired) electrons. The van der Waals surface area contributed by atoms with Gasteiger partial charge in [0.25, 0.3) is 0 Å². The summed E-state index contributed by atoms with van der Waals surface area (Å²) in [5.74, 6) is -1.29. The minimum atomic E-state index is -3.50. The molecule has 3 N–H and O–H groups in total. The molecule has 0 aliphatic heterocycles. The second kappa shape index (κ2) is 7.84. The Morgan fingerprint density at radius 2 is 1.67 bits per heavy atom. The molecule has 0 saturated heterocycles. The van der Waals surface area contributed by atoms with E-state index in [1.165, 1.54) is 24.3 Å². The van der Waals surface area contributed by atoms with Gasteiger partial charge in [-0.3, -0.25) is 4.79 Å². The molecule has 21 heavy (non-hydrogen) atoms. The van der Waals surface area contributed by atoms with Crippen molar-refractivity contribution < 1.29 is 23.1 Å². The molecule has 0 spiro atoms. The van der Waals surface area contributed by atoms with E-state index in [0.717, 1.165) is 0 Å². The number of aliphatic carboxylic acids is 1. The number of sulfone groups is 1. The number of carbonyl (C=O) groups is 2. The Morgan fingerprint density at radius 1 is 1.10 bits per heavy atom. The number of carboxylic acids is 1. The standard InChI is InChI=1S/C12H15ClN2O5S/c13-9-1-3-10(4-2-9)21(19,20)8-7-15-12(18)14-6-5-11(16)17/h1-4H,5-8H2,(H,16,17)(H2,14,15,18). The smallest absolute Gasteiger partial charge is 0.314 e. The van der Waals surface area contributed by atoms with E-state index in [1.807, 2.05) is 0 Å². The van der Waals surface area contributed by atoms with Crippen LogP contribution in [0.3, 0.4) is 0 Å². The molecular formula is C12H15ClN2O5S. The van der Waals surface area contributed by atoms with Crippen molar-refractivity contribution in [3.8, 4) is 0 Å². The maximum absolute atomic E-state index is 11.9. The van der Waals surface area contributed by atoms with E-state index in [0.29, 0.717) is 5.02 Å². The summed E-state index contributed by atoms with van der Waals surface area (Å²) in [5, 5.41) is 13.5. The molecule has 0 aliphatic rings. The van der Waals surface area contributed by atoms with Gasteiger partial charge in [0.1, 0.15) is 0 Å². The Morgan fingerprint density at radius 3 is 2.24 bits per heavy atom. The minimum Gasteiger partial charge on any atom is -0.481 e. The first-order chi connectivity index (χ1) is 9.81. The summed E-state index contributed by atoms with van der Waals surface area (Å²) in [6, 6.07) is 5.12. The zero-order valence-corrected chi connectivity index (χ0v) is 12.6. The van der Waals surface area contributed by atoms with Crippen LogP contribution in [0.2, 0.25) is 5.02 Å². The van der Waals surface area contributed by atoms with Gasteiger partial charge >= 0.3 is 12.0 Å². The van der Waals surface area contributed by atoms with Crippen molar-refractivity contribution in [3.05, 3.63) is 29.3 Å². The van der Waals surface area contributed by atoms with Crippen LogP contribution in [0.4, 0.5) is 4.79 Å². The Hall–Kier alpha value is -1.80. The van der Waals surface area contributed by atoms with Gasteiger partial charge < -0.3 is 15.7 Å². The van der Waals surface area contributed by atoms with Crippen molar-refractivity contribution in [3.63, 3.8) is 0 Å². The highest BCUT2D eigenvalue weighted by Gasteiger charge is 2.14. The quantitative estimate of drug-likeness (QED) is 0.685. The van der Waals surface area contributed by atoms with Crippen LogP contribution in [-0.4, -0.2) is 44.4 Å². The average Bonchev–Trinajstić information content (AvgIpc) is 2.38. The van der Waals surface area contributed by atoms with Gasteiger partial charge in [0.05, 0.1) is 17.1 Å². The summed E-state index contributed by atoms with van der Waals surface area (Å²) in [6.07, 6.45) is -0.198. The monoisotopic (exact) mass is 334 g/mol. The molecule has 116 valence electrons. The van der Waals surface area contributed by atoms with Gasteiger partial charge in [-0.05, 0) is 24.3 Å². The molecule has 0 aromatic heterocycles. The van der Waals surface area contributed by atoms with E-state index >= 15 is 0 Å². The molecule has 0 aliphatic carbocycles. The van der Waals surface area contributed by atoms with Crippen molar-refractivity contribution in [2.24, 2.45) is 0 Å². The molecule has 2 amide bonds. The predicted molar refractivity (Wildman–Crippen MR) is 77.2 cm³/mol. The Balaban J connectivity index is 2.39. The molecule has 0 heterocycles. The predicted octanol–water partition coefficient (Wildman–Crippen LogP) is 0.888. The summed E-state index contributed by atoms with van der Waals surface area (Å²) in [6.45, 7) is -0.102. The van der Waals surface area contributed by atoms with Crippen molar-refractivity contribution >= 4 is 33.4 Å². The van der Waals surface area contributed by atoms with Crippen LogP contribution in [0.25, 0.3) is 0 Å². The third-order valence-electron chi connectivity index (χ3n) is 2.45. The van der Waals surface area contributed by atoms with Gasteiger partial charge in [-0.25, -0.2) is 13.2 Å². The van der Waals surface area contributed by atoms with Crippen LogP contribution in [0.5, 0.6) is 0 Å². The fourth-order valence-corrected chi connectivity index (χ4v) is 2.69. The number of hydrogen-bond acceptors (Lipinski definition) is 4. The fraction of sp³-hybridized carbons (Fsp3) is 0.333. The molecule has 0 fully saturated rings. The van der Waals surface area contributed by atoms with E-state index in [1.54, 1.807) is 0 Å². The molecule has 1 aromatic carbocycles. The molecular weight excluding hydrogens is 320 g/mol. The molecule has 0 unspecified atom stereocenters. The van der Waals surface area contributed by atoms with E-state index in [2.05, 4.69) is 10.6 Å². The lowest BCUT2D eigenvalue weighted by atomic mass is 10.4. The summed E-state index contributed by atoms with van der Waals surface area (Å²) in [7, 11) is -3.50. The molecule has 1 aromatic rings. The van der Waals surface area contributed by atoms with Crippen LogP contribution in [-0.2, 0) is 14.6 Å². The third kappa shape index (κ3) is 6.46. The minimum absolute atomic E-state index is 0.0227. The fourth-order valence-electron chi connectivity index (χ4n) is 1.40. The largest absolute Gasteiger partial charge is 0.481 e. The van der Waals surface area contributed by atoms with Crippen LogP contribution in [0.15, 0.2) is 29.2 Å². The van der Waals surface area contributed by atoms with E-state index < -0.39 is 21.8 Å². The maximum Gasteiger partial charge on any atom is 0.314 e. The Kier molecular flexibility index (Phi) is 6.44. The van der Waals surface area contributed by atoms with E-state index in [4.69, 9.17) is 16.7 Å². The van der Waals surface area contributed by atoms with E-state index in [-0.39, 0.29) is 30.2 Å². The van der Waals surface area contributed by atoms with Crippen LogP contribution >= 0.6 is 11.6 Å². The lowest BCUT2D eigenvalue weighted by Crippen LogP contribution is -2.38. The van der Waals surface area contributed by atoms with Crippen molar-refractivity contribution in [1.82, 2.24) is 10.6 Å². The highest BCUT2D eigenvalue weighted by molar-refractivity contribution is 7.91. The van der Waals surface area contributed by atoms with Crippen LogP contribution in [0.1, 0.15) is 6.42 Å². The summed E-state index contributed by atoms with van der Waals surface area (Å²) in [5.41, 5.74) is 0. The first kappa shape index (κ1) is 17.3. The maximum atomic E-state index is 11.9. The van der Waals surface area contributed by atoms with Crippen molar-refractivity contribution in [2.45, 2.75) is 11.3 Å². The summed E-state index contributed by atoms with van der Waals surface area (Å²) < 4.78 is 23.9. The second-order valence-electron chi connectivity index (χ2n) is 4.10. The summed E-state index contributed by atoms with van der Waals surface area (Å²) >= 11 is 5.68. The van der Waals surface area contributed by atoms with Crippen LogP contribution in [0, 0.1) is 0 Å². The highest BCUT2D eigenvalue weighted by Crippen LogP contribution is 2.14. The zero-order chi connectivity index (χ0) is 15.9. The van der Waals surface area contributed by atoms with E-state index in [9.17, 15) is 18.0 Å². The third-order valence-corrected chi connectivity index (χ3v) is 4.44. The van der Waals surface area contributed by atoms with Gasteiger partial charge in [-0.1, -0.05) is 11.6 Å². The van der Waals surface area contributed by atoms with Crippen molar-refractivity contribution in [2.75, 3.05) is 18.8 Å². The number of rotatable bonds is 7. The number of halogens is 1. The van der Waals surface area contributed by atoms with Crippen LogP contribution < -0.4 is 10.6 Å². The topological polar surface area (TPSA) is 113 Å². The number of urea groups is 1. The average molecular weight is 335 g/mol. The van der Waals surface area contributed by atoms with Gasteiger partial charge in [-0.15, -0.1) is 0 Å². The number of nitrogens with one attached hydrogen (secondary N) is 2. The number of hydrogen-bond donors (Lipinski definition) is 3. The second-order valence-corrected chi connectivity index (χ2v) is 6.64. The van der Waals surface area contributed by atoms with Crippen molar-refractivity contribution in [1.29, 1.82) is 0 Å². The molecule has 0 saturated carbocycles. The molecule has 9 heteroatoms. The first-order valence-electron chi connectivity index (χ1n) is 6.03. The molecule has 0 bridgehead atoms. The summed E-state index contributed by atoms with van der Waals surface area (Å²) in [4.78, 5) is 21.6. The molecule has 0 atom stereocenters. The zero-order valence-electron chi connectivity index (χ0n) is 11.0. The van der Waals surface area contributed by atoms with Gasteiger partial charge in [0.15, 0.2) is 9.84 Å². The van der Waals surface area contributed by atoms with Gasteiger partial charge in [0, 0.05) is 18.1 Å². The number of carbonyl (C=O) groups excluding carboxylic acids is 1. The Bertz CT molecular complexity index is 601. The van der Waals surface area contributed by atoms with Gasteiger partial charge in [-0.2, -0.15) is 0 Å². The molecule has 1 rings (SSSR count). The Labute approximate surface area is 127 Å². The SMILES string of the molecule is O=C(O)CCNC(=O)NCCS(=O)(=O)c1ccc(Cl)cc1. The number of carboxylic acid groups (broad SMARTS) is 1. The lowest BCUT2D eigenvalue weighted by Gasteiger charge is -2.07.